The van der Waals surface area contributed by atoms with Crippen LogP contribution < -0.4 is 0 Å². The number of fused-ring (bicyclic) bond motifs is 5. The Labute approximate surface area is 208 Å². The summed E-state index contributed by atoms with van der Waals surface area (Å²) in [4.78, 5) is 38.3. The molecule has 0 heterocycles. The predicted molar refractivity (Wildman–Crippen MR) is 128 cm³/mol. The Hall–Kier alpha value is -1.76. The van der Waals surface area contributed by atoms with Crippen molar-refractivity contribution in [3.05, 3.63) is 11.6 Å². The number of esters is 2. The number of hydrogen-bond acceptors (Lipinski definition) is 6. The van der Waals surface area contributed by atoms with Gasteiger partial charge in [0.1, 0.15) is 5.67 Å². The number of ether oxygens (including phenoxy) is 2. The minimum Gasteiger partial charge on any atom is -0.457 e. The van der Waals surface area contributed by atoms with Crippen LogP contribution in [0.3, 0.4) is 0 Å². The van der Waals surface area contributed by atoms with Gasteiger partial charge in [0, 0.05) is 35.5 Å². The van der Waals surface area contributed by atoms with Crippen molar-refractivity contribution >= 4 is 17.7 Å². The fourth-order valence-electron chi connectivity index (χ4n) is 8.55. The van der Waals surface area contributed by atoms with Crippen molar-refractivity contribution in [2.75, 3.05) is 6.61 Å². The van der Waals surface area contributed by atoms with Gasteiger partial charge in [-0.05, 0) is 50.9 Å². The molecule has 0 bridgehead atoms. The molecule has 4 aliphatic rings. The maximum atomic E-state index is 17.4. The lowest BCUT2D eigenvalue weighted by Gasteiger charge is -2.63. The molecule has 8 atom stereocenters. The number of ketones is 1. The zero-order valence-electron chi connectivity index (χ0n) is 21.8. The van der Waals surface area contributed by atoms with Crippen LogP contribution in [0.2, 0.25) is 0 Å². The van der Waals surface area contributed by atoms with E-state index in [1.807, 2.05) is 20.8 Å². The summed E-state index contributed by atoms with van der Waals surface area (Å²) >= 11 is 0. The summed E-state index contributed by atoms with van der Waals surface area (Å²) in [7, 11) is 0. The summed E-state index contributed by atoms with van der Waals surface area (Å²) in [6.07, 6.45) is 5.53. The second-order valence-electron chi connectivity index (χ2n) is 11.7. The summed E-state index contributed by atoms with van der Waals surface area (Å²) in [5, 5.41) is 11.6. The van der Waals surface area contributed by atoms with Crippen molar-refractivity contribution in [2.24, 2.45) is 28.6 Å². The van der Waals surface area contributed by atoms with Crippen molar-refractivity contribution in [3.63, 3.8) is 0 Å². The third-order valence-electron chi connectivity index (χ3n) is 10.3. The number of allylic oxidation sites excluding steroid dienone is 2. The molecule has 0 spiro atoms. The first kappa shape index (κ1) is 26.3. The van der Waals surface area contributed by atoms with Crippen molar-refractivity contribution in [1.82, 2.24) is 0 Å². The van der Waals surface area contributed by atoms with Crippen molar-refractivity contribution in [1.29, 1.82) is 0 Å². The third kappa shape index (κ3) is 3.47. The molecule has 6 nitrogen and oxygen atoms in total. The number of rotatable bonds is 6. The van der Waals surface area contributed by atoms with E-state index < -0.39 is 64.4 Å². The highest BCUT2D eigenvalue weighted by Crippen LogP contribution is 2.72. The molecule has 0 aromatic heterocycles. The largest absolute Gasteiger partial charge is 0.457 e. The molecule has 0 radical (unpaired) electrons. The number of hydrogen-bond donors (Lipinski definition) is 1. The first-order valence-corrected chi connectivity index (χ1v) is 13.4. The van der Waals surface area contributed by atoms with Crippen LogP contribution in [0.4, 0.5) is 4.39 Å². The summed E-state index contributed by atoms with van der Waals surface area (Å²) < 4.78 is 28.6. The molecular formula is C28H41FO6. The maximum absolute atomic E-state index is 17.4. The van der Waals surface area contributed by atoms with Crippen LogP contribution in [0.1, 0.15) is 92.4 Å². The van der Waals surface area contributed by atoms with Crippen LogP contribution in [0.5, 0.6) is 0 Å². The highest BCUT2D eigenvalue weighted by Gasteiger charge is 2.77. The number of Topliss-reactive ketones (excluding diaryl/α,β-unsaturated/α-hetero) is 1. The third-order valence-corrected chi connectivity index (χ3v) is 10.3. The standard InChI is InChI=1S/C28H41FO6/c1-6-23(32)34-16-22(31)28(35-24(33)7-2)17(3)14-20-19-12-11-18-10-8-9-13-25(18,4)27(19,29)21(30)15-26(20,28)5/h10,17,19-21,30H,6-9,11-16H2,1-5H3/t17-,19+,20+,21+,25+,26+,27+,28+/m1/s1. The Kier molecular flexibility index (Phi) is 6.74. The van der Waals surface area contributed by atoms with Gasteiger partial charge in [-0.25, -0.2) is 4.39 Å². The molecule has 0 saturated heterocycles. The fraction of sp³-hybridized carbons (Fsp3) is 0.821. The Morgan fingerprint density at radius 1 is 1.14 bits per heavy atom. The predicted octanol–water partition coefficient (Wildman–Crippen LogP) is 4.86. The number of aliphatic hydroxyl groups excluding tert-OH is 1. The minimum absolute atomic E-state index is 0.0162. The van der Waals surface area contributed by atoms with E-state index in [2.05, 4.69) is 6.08 Å². The van der Waals surface area contributed by atoms with E-state index in [0.717, 1.165) is 24.8 Å². The summed E-state index contributed by atoms with van der Waals surface area (Å²) in [6, 6.07) is 0. The van der Waals surface area contributed by atoms with Gasteiger partial charge in [-0.3, -0.25) is 14.4 Å². The molecule has 4 aliphatic carbocycles. The molecule has 0 aromatic carbocycles. The van der Waals surface area contributed by atoms with E-state index >= 15 is 4.39 Å². The van der Waals surface area contributed by atoms with E-state index in [1.54, 1.807) is 13.8 Å². The van der Waals surface area contributed by atoms with Crippen LogP contribution in [-0.2, 0) is 23.9 Å². The average molecular weight is 493 g/mol. The van der Waals surface area contributed by atoms with Crippen LogP contribution >= 0.6 is 0 Å². The SMILES string of the molecule is CCC(=O)OCC(=O)[C@@]1(OC(=O)CC)[C@H](C)C[C@H]2[C@@H]3CCC4=CCCC[C@]4(C)[C@@]3(F)[C@@H](O)C[C@@]21C. The molecule has 3 fully saturated rings. The Bertz CT molecular complexity index is 930. The highest BCUT2D eigenvalue weighted by atomic mass is 19.1. The summed E-state index contributed by atoms with van der Waals surface area (Å²) in [6.45, 7) is 8.52. The van der Waals surface area contributed by atoms with Crippen LogP contribution in [0.25, 0.3) is 0 Å². The van der Waals surface area contributed by atoms with Gasteiger partial charge in [0.15, 0.2) is 12.2 Å². The fourth-order valence-corrected chi connectivity index (χ4v) is 8.55. The Morgan fingerprint density at radius 3 is 2.49 bits per heavy atom. The summed E-state index contributed by atoms with van der Waals surface area (Å²) in [5.41, 5.74) is -3.97. The summed E-state index contributed by atoms with van der Waals surface area (Å²) in [5.74, 6) is -2.60. The molecule has 35 heavy (non-hydrogen) atoms. The topological polar surface area (TPSA) is 89.9 Å². The monoisotopic (exact) mass is 492 g/mol. The quantitative estimate of drug-likeness (QED) is 0.421. The van der Waals surface area contributed by atoms with Gasteiger partial charge in [-0.1, -0.05) is 46.3 Å². The van der Waals surface area contributed by atoms with Gasteiger partial charge < -0.3 is 14.6 Å². The van der Waals surface area contributed by atoms with Gasteiger partial charge in [0.05, 0.1) is 6.10 Å². The van der Waals surface area contributed by atoms with Gasteiger partial charge in [-0.15, -0.1) is 0 Å². The second kappa shape index (κ2) is 8.97. The molecule has 0 aromatic rings. The molecule has 0 amide bonds. The molecule has 4 rings (SSSR count). The van der Waals surface area contributed by atoms with E-state index in [4.69, 9.17) is 9.47 Å². The zero-order chi connectivity index (χ0) is 25.8. The van der Waals surface area contributed by atoms with Crippen molar-refractivity contribution in [3.8, 4) is 0 Å². The molecule has 7 heteroatoms. The molecule has 3 saturated carbocycles. The smallest absolute Gasteiger partial charge is 0.306 e. The first-order chi connectivity index (χ1) is 16.4. The van der Waals surface area contributed by atoms with E-state index in [9.17, 15) is 19.5 Å². The lowest BCUT2D eigenvalue weighted by molar-refractivity contribution is -0.235. The van der Waals surface area contributed by atoms with Gasteiger partial charge in [0.25, 0.3) is 0 Å². The number of aliphatic hydroxyl groups is 1. The lowest BCUT2D eigenvalue weighted by atomic mass is 9.44. The van der Waals surface area contributed by atoms with Gasteiger partial charge in [0.2, 0.25) is 5.78 Å². The van der Waals surface area contributed by atoms with E-state index in [0.29, 0.717) is 19.3 Å². The molecule has 0 unspecified atom stereocenters. The highest BCUT2D eigenvalue weighted by molar-refractivity contribution is 5.93. The first-order valence-electron chi connectivity index (χ1n) is 13.4. The number of carbonyl (C=O) groups is 3. The van der Waals surface area contributed by atoms with E-state index in [1.165, 1.54) is 0 Å². The molecule has 0 aliphatic heterocycles. The van der Waals surface area contributed by atoms with Crippen molar-refractivity contribution < 1.29 is 33.4 Å². The van der Waals surface area contributed by atoms with Crippen molar-refractivity contribution in [2.45, 2.75) is 110 Å². The number of carbonyl (C=O) groups excluding carboxylic acids is 3. The Balaban J connectivity index is 1.79. The average Bonchev–Trinajstić information content (AvgIpc) is 3.04. The second-order valence-corrected chi connectivity index (χ2v) is 11.7. The zero-order valence-corrected chi connectivity index (χ0v) is 21.8. The Morgan fingerprint density at radius 2 is 1.83 bits per heavy atom. The molecule has 1 N–H and O–H groups in total. The van der Waals surface area contributed by atoms with Crippen LogP contribution in [-0.4, -0.2) is 46.8 Å². The van der Waals surface area contributed by atoms with Crippen LogP contribution in [0.15, 0.2) is 11.6 Å². The number of alkyl halides is 1. The molecular weight excluding hydrogens is 451 g/mol. The van der Waals surface area contributed by atoms with E-state index in [-0.39, 0.29) is 25.2 Å². The number of halogens is 1. The van der Waals surface area contributed by atoms with Crippen LogP contribution in [0, 0.1) is 28.6 Å². The maximum Gasteiger partial charge on any atom is 0.306 e. The minimum atomic E-state index is -1.80. The van der Waals surface area contributed by atoms with Gasteiger partial charge in [-0.2, -0.15) is 0 Å². The molecule has 196 valence electrons. The van der Waals surface area contributed by atoms with Gasteiger partial charge >= 0.3 is 11.9 Å². The lowest BCUT2D eigenvalue weighted by Crippen LogP contribution is -2.70. The normalized spacial score (nSPS) is 44.4.